The van der Waals surface area contributed by atoms with E-state index in [9.17, 15) is 0 Å². The van der Waals surface area contributed by atoms with Crippen LogP contribution in [0.15, 0.2) is 6.20 Å². The Labute approximate surface area is 126 Å². The molecule has 112 valence electrons. The molecule has 0 saturated carbocycles. The van der Waals surface area contributed by atoms with E-state index < -0.39 is 0 Å². The van der Waals surface area contributed by atoms with Gasteiger partial charge >= 0.3 is 0 Å². The molecule has 20 heavy (non-hydrogen) atoms. The summed E-state index contributed by atoms with van der Waals surface area (Å²) in [5.74, 6) is 0. The summed E-state index contributed by atoms with van der Waals surface area (Å²) in [6, 6.07) is 0.767. The van der Waals surface area contributed by atoms with Crippen molar-refractivity contribution in [1.82, 2.24) is 15.2 Å². The van der Waals surface area contributed by atoms with Crippen molar-refractivity contribution >= 4 is 16.5 Å². The third-order valence-corrected chi connectivity index (χ3v) is 5.43. The zero-order valence-corrected chi connectivity index (χ0v) is 13.3. The number of nitrogens with one attached hydrogen (secondary N) is 1. The maximum Gasteiger partial charge on any atom is 0.185 e. The topological polar surface area (TPSA) is 31.4 Å². The van der Waals surface area contributed by atoms with Crippen molar-refractivity contribution in [3.8, 4) is 0 Å². The average Bonchev–Trinajstić information content (AvgIpc) is 2.96. The molecule has 2 aliphatic rings. The van der Waals surface area contributed by atoms with Crippen LogP contribution in [0.4, 0.5) is 5.13 Å². The first-order chi connectivity index (χ1) is 9.86. The van der Waals surface area contributed by atoms with Gasteiger partial charge in [-0.25, -0.2) is 4.98 Å². The van der Waals surface area contributed by atoms with Gasteiger partial charge in [0, 0.05) is 43.3 Å². The normalized spacial score (nSPS) is 23.9. The van der Waals surface area contributed by atoms with E-state index in [0.717, 1.165) is 25.7 Å². The minimum atomic E-state index is 0.767. The predicted molar refractivity (Wildman–Crippen MR) is 85.5 cm³/mol. The number of hydrogen-bond acceptors (Lipinski definition) is 5. The maximum atomic E-state index is 4.64. The van der Waals surface area contributed by atoms with E-state index in [0.29, 0.717) is 0 Å². The van der Waals surface area contributed by atoms with Gasteiger partial charge in [-0.2, -0.15) is 0 Å². The minimum absolute atomic E-state index is 0.767. The van der Waals surface area contributed by atoms with Crippen molar-refractivity contribution in [2.24, 2.45) is 0 Å². The van der Waals surface area contributed by atoms with E-state index in [4.69, 9.17) is 0 Å². The third-order valence-electron chi connectivity index (χ3n) is 4.38. The van der Waals surface area contributed by atoms with Crippen LogP contribution in [0.3, 0.4) is 0 Å². The van der Waals surface area contributed by atoms with E-state index in [1.54, 1.807) is 0 Å². The van der Waals surface area contributed by atoms with Gasteiger partial charge in [-0.3, -0.25) is 4.90 Å². The van der Waals surface area contributed by atoms with Crippen molar-refractivity contribution < 1.29 is 0 Å². The van der Waals surface area contributed by atoms with Crippen molar-refractivity contribution in [2.45, 2.75) is 45.2 Å². The Bertz CT molecular complexity index is 420. The molecule has 0 spiro atoms. The van der Waals surface area contributed by atoms with Crippen molar-refractivity contribution in [3.63, 3.8) is 0 Å². The van der Waals surface area contributed by atoms with Crippen LogP contribution in [0.5, 0.6) is 0 Å². The second-order valence-electron chi connectivity index (χ2n) is 5.92. The van der Waals surface area contributed by atoms with Gasteiger partial charge in [-0.1, -0.05) is 13.3 Å². The van der Waals surface area contributed by atoms with Gasteiger partial charge in [0.2, 0.25) is 0 Å². The lowest BCUT2D eigenvalue weighted by Crippen LogP contribution is -2.54. The highest BCUT2D eigenvalue weighted by molar-refractivity contribution is 7.15. The van der Waals surface area contributed by atoms with Crippen LogP contribution in [-0.2, 0) is 6.54 Å². The Morgan fingerprint density at radius 2 is 2.30 bits per heavy atom. The van der Waals surface area contributed by atoms with Crippen molar-refractivity contribution in [1.29, 1.82) is 0 Å². The fraction of sp³-hybridized carbons (Fsp3) is 0.800. The van der Waals surface area contributed by atoms with Gasteiger partial charge in [0.05, 0.1) is 0 Å². The Morgan fingerprint density at radius 1 is 1.35 bits per heavy atom. The molecule has 1 atom stereocenters. The first kappa shape index (κ1) is 14.3. The van der Waals surface area contributed by atoms with Crippen molar-refractivity contribution in [2.75, 3.05) is 37.6 Å². The number of piperidine rings is 1. The lowest BCUT2D eigenvalue weighted by atomic mass is 10.00. The molecule has 3 rings (SSSR count). The molecule has 0 aliphatic carbocycles. The first-order valence-corrected chi connectivity index (χ1v) is 8.83. The lowest BCUT2D eigenvalue weighted by Gasteiger charge is -2.44. The van der Waals surface area contributed by atoms with E-state index in [2.05, 4.69) is 33.2 Å². The predicted octanol–water partition coefficient (Wildman–Crippen LogP) is 2.32. The minimum Gasteiger partial charge on any atom is -0.345 e. The van der Waals surface area contributed by atoms with Crippen LogP contribution in [0.1, 0.15) is 37.5 Å². The number of anilines is 1. The van der Waals surface area contributed by atoms with E-state index >= 15 is 0 Å². The number of hydrogen-bond donors (Lipinski definition) is 1. The molecular formula is C15H26N4S. The Morgan fingerprint density at radius 3 is 3.20 bits per heavy atom. The number of rotatable bonds is 5. The summed E-state index contributed by atoms with van der Waals surface area (Å²) in [5.41, 5.74) is 0. The van der Waals surface area contributed by atoms with E-state index in [-0.39, 0.29) is 0 Å². The second-order valence-corrected chi connectivity index (χ2v) is 7.01. The molecule has 1 unspecified atom stereocenters. The molecule has 3 heterocycles. The van der Waals surface area contributed by atoms with E-state index in [1.807, 2.05) is 11.3 Å². The molecule has 0 radical (unpaired) electrons. The quantitative estimate of drug-likeness (QED) is 0.845. The molecule has 1 aromatic rings. The summed E-state index contributed by atoms with van der Waals surface area (Å²) in [6.45, 7) is 9.11. The van der Waals surface area contributed by atoms with Gasteiger partial charge in [0.15, 0.2) is 5.13 Å². The number of piperazine rings is 1. The summed E-state index contributed by atoms with van der Waals surface area (Å²) in [4.78, 5) is 11.2. The van der Waals surface area contributed by atoms with Crippen LogP contribution in [0, 0.1) is 0 Å². The van der Waals surface area contributed by atoms with E-state index in [1.165, 1.54) is 55.3 Å². The van der Waals surface area contributed by atoms with Crippen LogP contribution >= 0.6 is 11.3 Å². The highest BCUT2D eigenvalue weighted by atomic mass is 32.1. The monoisotopic (exact) mass is 294 g/mol. The summed E-state index contributed by atoms with van der Waals surface area (Å²) < 4.78 is 0. The highest BCUT2D eigenvalue weighted by Crippen LogP contribution is 2.28. The third kappa shape index (κ3) is 3.32. The number of aromatic nitrogens is 1. The SMILES string of the molecule is CCCNCc1cnc(N2CCN3CCCCC3C2)s1. The first-order valence-electron chi connectivity index (χ1n) is 8.01. The molecule has 2 fully saturated rings. The molecule has 0 amide bonds. The van der Waals surface area contributed by atoms with Crippen LogP contribution in [-0.4, -0.2) is 48.6 Å². The van der Waals surface area contributed by atoms with Gasteiger partial charge < -0.3 is 10.2 Å². The Kier molecular flexibility index (Phi) is 4.91. The number of nitrogens with zero attached hydrogens (tertiary/aromatic N) is 3. The fourth-order valence-corrected chi connectivity index (χ4v) is 4.16. The lowest BCUT2D eigenvalue weighted by molar-refractivity contribution is 0.133. The average molecular weight is 294 g/mol. The fourth-order valence-electron chi connectivity index (χ4n) is 3.24. The molecule has 5 heteroatoms. The largest absolute Gasteiger partial charge is 0.345 e. The molecule has 1 N–H and O–H groups in total. The smallest absolute Gasteiger partial charge is 0.185 e. The summed E-state index contributed by atoms with van der Waals surface area (Å²) in [5, 5.41) is 4.68. The summed E-state index contributed by atoms with van der Waals surface area (Å²) in [7, 11) is 0. The Balaban J connectivity index is 1.56. The number of fused-ring (bicyclic) bond motifs is 1. The molecule has 4 nitrogen and oxygen atoms in total. The van der Waals surface area contributed by atoms with Gasteiger partial charge in [0.25, 0.3) is 0 Å². The maximum absolute atomic E-state index is 4.64. The molecule has 0 aromatic carbocycles. The van der Waals surface area contributed by atoms with Gasteiger partial charge in [-0.15, -0.1) is 11.3 Å². The van der Waals surface area contributed by atoms with Gasteiger partial charge in [0.1, 0.15) is 0 Å². The highest BCUT2D eigenvalue weighted by Gasteiger charge is 2.29. The molecule has 2 saturated heterocycles. The molecule has 1 aromatic heterocycles. The summed E-state index contributed by atoms with van der Waals surface area (Å²) in [6.07, 6.45) is 7.40. The van der Waals surface area contributed by atoms with Crippen molar-refractivity contribution in [3.05, 3.63) is 11.1 Å². The summed E-state index contributed by atoms with van der Waals surface area (Å²) >= 11 is 1.86. The van der Waals surface area contributed by atoms with Crippen LogP contribution < -0.4 is 10.2 Å². The number of thiazole rings is 1. The Hall–Kier alpha value is -0.650. The zero-order valence-electron chi connectivity index (χ0n) is 12.5. The molecular weight excluding hydrogens is 268 g/mol. The van der Waals surface area contributed by atoms with Crippen LogP contribution in [0.25, 0.3) is 0 Å². The second kappa shape index (κ2) is 6.87. The van der Waals surface area contributed by atoms with Crippen LogP contribution in [0.2, 0.25) is 0 Å². The standard InChI is InChI=1S/C15H26N4S/c1-2-6-16-10-14-11-17-15(20-14)19-9-8-18-7-4-3-5-13(18)12-19/h11,13,16H,2-10,12H2,1H3. The molecule has 2 aliphatic heterocycles. The molecule has 0 bridgehead atoms. The van der Waals surface area contributed by atoms with Gasteiger partial charge in [-0.05, 0) is 32.4 Å². The zero-order chi connectivity index (χ0) is 13.8.